The van der Waals surface area contributed by atoms with Crippen LogP contribution in [0.2, 0.25) is 0 Å². The summed E-state index contributed by atoms with van der Waals surface area (Å²) in [4.78, 5) is 13.0. The van der Waals surface area contributed by atoms with Crippen LogP contribution in [0, 0.1) is 13.8 Å². The number of thioether (sulfide) groups is 1. The van der Waals surface area contributed by atoms with E-state index in [0.717, 1.165) is 22.6 Å². The summed E-state index contributed by atoms with van der Waals surface area (Å²) in [5.41, 5.74) is 6.38. The van der Waals surface area contributed by atoms with Crippen molar-refractivity contribution in [2.75, 3.05) is 10.7 Å². The fourth-order valence-corrected chi connectivity index (χ4v) is 4.05. The first kappa shape index (κ1) is 16.7. The van der Waals surface area contributed by atoms with E-state index in [0.29, 0.717) is 5.16 Å². The van der Waals surface area contributed by atoms with E-state index in [4.69, 9.17) is 0 Å². The van der Waals surface area contributed by atoms with E-state index in [9.17, 15) is 4.79 Å². The molecule has 1 aliphatic heterocycles. The van der Waals surface area contributed by atoms with Crippen molar-refractivity contribution in [3.63, 3.8) is 0 Å². The Bertz CT molecular complexity index is 923. The van der Waals surface area contributed by atoms with Gasteiger partial charge in [-0.3, -0.25) is 4.79 Å². The van der Waals surface area contributed by atoms with E-state index in [-0.39, 0.29) is 17.2 Å². The number of carbonyl (C=O) groups is 1. The van der Waals surface area contributed by atoms with Gasteiger partial charge in [0.2, 0.25) is 11.1 Å². The molecular formula is C19H19N5OS. The second-order valence-electron chi connectivity index (χ2n) is 6.28. The molecule has 7 heteroatoms. The van der Waals surface area contributed by atoms with Crippen molar-refractivity contribution >= 4 is 23.4 Å². The van der Waals surface area contributed by atoms with E-state index in [2.05, 4.69) is 20.9 Å². The van der Waals surface area contributed by atoms with E-state index in [1.807, 2.05) is 73.1 Å². The molecule has 2 aromatic carbocycles. The van der Waals surface area contributed by atoms with Gasteiger partial charge in [0, 0.05) is 5.69 Å². The predicted octanol–water partition coefficient (Wildman–Crippen LogP) is 3.29. The van der Waals surface area contributed by atoms with Crippen molar-refractivity contribution in [1.82, 2.24) is 14.9 Å². The summed E-state index contributed by atoms with van der Waals surface area (Å²) in [6.45, 7) is 3.91. The molecule has 0 fully saturated rings. The second kappa shape index (κ2) is 6.84. The third-order valence-corrected chi connectivity index (χ3v) is 5.55. The van der Waals surface area contributed by atoms with E-state index in [1.54, 1.807) is 0 Å². The van der Waals surface area contributed by atoms with Gasteiger partial charge < -0.3 is 10.7 Å². The molecule has 0 saturated heterocycles. The standard InChI is InChI=1S/C19H19N5OS/c1-12-8-10-15(11-9-12)20-18(25)17-16(14-6-4-3-5-7-14)23-24-13(2)21-22-19(24)26-17/h3-11,16-17,23H,1-2H3,(H,20,25)/t16-,17+/m0/s1. The highest BCUT2D eigenvalue weighted by molar-refractivity contribution is 8.00. The predicted molar refractivity (Wildman–Crippen MR) is 103 cm³/mol. The lowest BCUT2D eigenvalue weighted by Crippen LogP contribution is -2.41. The Labute approximate surface area is 156 Å². The molecule has 0 aliphatic carbocycles. The maximum absolute atomic E-state index is 13.0. The number of aromatic nitrogens is 3. The number of nitrogens with one attached hydrogen (secondary N) is 2. The normalized spacial score (nSPS) is 18.7. The number of anilines is 1. The molecule has 6 nitrogen and oxygen atoms in total. The first-order valence-electron chi connectivity index (χ1n) is 8.39. The number of fused-ring (bicyclic) bond motifs is 1. The number of benzene rings is 2. The van der Waals surface area contributed by atoms with Crippen LogP contribution in [0.15, 0.2) is 59.8 Å². The summed E-state index contributed by atoms with van der Waals surface area (Å²) in [6.07, 6.45) is 0. The minimum absolute atomic E-state index is 0.0629. The summed E-state index contributed by atoms with van der Waals surface area (Å²) >= 11 is 1.43. The molecule has 0 unspecified atom stereocenters. The first-order chi connectivity index (χ1) is 12.6. The molecule has 4 rings (SSSR count). The Morgan fingerprint density at radius 1 is 1.08 bits per heavy atom. The topological polar surface area (TPSA) is 71.8 Å². The van der Waals surface area contributed by atoms with Crippen molar-refractivity contribution in [1.29, 1.82) is 0 Å². The van der Waals surface area contributed by atoms with E-state index < -0.39 is 0 Å². The summed E-state index contributed by atoms with van der Waals surface area (Å²) in [5.74, 6) is 0.706. The number of carbonyl (C=O) groups excluding carboxylic acids is 1. The molecule has 0 spiro atoms. The van der Waals surface area contributed by atoms with Crippen LogP contribution in [0.3, 0.4) is 0 Å². The number of nitrogens with zero attached hydrogens (tertiary/aromatic N) is 3. The van der Waals surface area contributed by atoms with Crippen molar-refractivity contribution in [3.05, 3.63) is 71.5 Å². The van der Waals surface area contributed by atoms with Crippen LogP contribution in [-0.4, -0.2) is 26.0 Å². The molecule has 0 radical (unpaired) electrons. The van der Waals surface area contributed by atoms with Gasteiger partial charge in [-0.2, -0.15) is 0 Å². The van der Waals surface area contributed by atoms with Gasteiger partial charge in [0.1, 0.15) is 11.1 Å². The molecule has 0 saturated carbocycles. The maximum atomic E-state index is 13.0. The monoisotopic (exact) mass is 365 g/mol. The number of amides is 1. The average molecular weight is 365 g/mol. The Hall–Kier alpha value is -2.80. The molecule has 1 aliphatic rings. The summed E-state index contributed by atoms with van der Waals surface area (Å²) in [5, 5.41) is 11.6. The minimum atomic E-state index is -0.366. The number of rotatable bonds is 3. The van der Waals surface area contributed by atoms with Crippen molar-refractivity contribution in [2.24, 2.45) is 0 Å². The van der Waals surface area contributed by atoms with Crippen LogP contribution in [0.25, 0.3) is 0 Å². The number of aryl methyl sites for hydroxylation is 2. The average Bonchev–Trinajstić information content (AvgIpc) is 3.03. The minimum Gasteiger partial charge on any atom is -0.325 e. The van der Waals surface area contributed by atoms with Crippen molar-refractivity contribution < 1.29 is 4.79 Å². The molecule has 2 heterocycles. The second-order valence-corrected chi connectivity index (χ2v) is 7.39. The van der Waals surface area contributed by atoms with Crippen LogP contribution in [0.1, 0.15) is 23.0 Å². The molecular weight excluding hydrogens is 346 g/mol. The maximum Gasteiger partial charge on any atom is 0.240 e. The van der Waals surface area contributed by atoms with Gasteiger partial charge in [-0.25, -0.2) is 4.68 Å². The van der Waals surface area contributed by atoms with Crippen LogP contribution in [0.5, 0.6) is 0 Å². The lowest BCUT2D eigenvalue weighted by Gasteiger charge is -2.32. The van der Waals surface area contributed by atoms with E-state index >= 15 is 0 Å². The van der Waals surface area contributed by atoms with Crippen molar-refractivity contribution in [2.45, 2.75) is 30.3 Å². The highest BCUT2D eigenvalue weighted by atomic mass is 32.2. The molecule has 2 N–H and O–H groups in total. The van der Waals surface area contributed by atoms with Crippen LogP contribution < -0.4 is 10.7 Å². The van der Waals surface area contributed by atoms with Gasteiger partial charge in [-0.15, -0.1) is 10.2 Å². The SMILES string of the molecule is Cc1ccc(NC(=O)[C@@H]2Sc3nnc(C)n3N[C@H]2c2ccccc2)cc1. The Morgan fingerprint density at radius 2 is 1.81 bits per heavy atom. The van der Waals surface area contributed by atoms with Gasteiger partial charge in [0.15, 0.2) is 0 Å². The summed E-state index contributed by atoms with van der Waals surface area (Å²) in [6, 6.07) is 17.6. The molecule has 3 aromatic rings. The van der Waals surface area contributed by atoms with Crippen molar-refractivity contribution in [3.8, 4) is 0 Å². The molecule has 26 heavy (non-hydrogen) atoms. The smallest absolute Gasteiger partial charge is 0.240 e. The Morgan fingerprint density at radius 3 is 2.54 bits per heavy atom. The molecule has 1 amide bonds. The third kappa shape index (κ3) is 3.17. The summed E-state index contributed by atoms with van der Waals surface area (Å²) in [7, 11) is 0. The van der Waals surface area contributed by atoms with Crippen LogP contribution >= 0.6 is 11.8 Å². The van der Waals surface area contributed by atoms with Crippen LogP contribution in [-0.2, 0) is 4.79 Å². The lowest BCUT2D eigenvalue weighted by molar-refractivity contribution is -0.116. The lowest BCUT2D eigenvalue weighted by atomic mass is 10.0. The number of hydrogen-bond acceptors (Lipinski definition) is 5. The quantitative estimate of drug-likeness (QED) is 0.745. The van der Waals surface area contributed by atoms with Gasteiger partial charge in [-0.1, -0.05) is 59.8 Å². The third-order valence-electron chi connectivity index (χ3n) is 4.33. The zero-order chi connectivity index (χ0) is 18.1. The zero-order valence-corrected chi connectivity index (χ0v) is 15.3. The molecule has 132 valence electrons. The van der Waals surface area contributed by atoms with Gasteiger partial charge in [-0.05, 0) is 31.5 Å². The summed E-state index contributed by atoms with van der Waals surface area (Å²) < 4.78 is 1.85. The molecule has 1 aromatic heterocycles. The molecule has 0 bridgehead atoms. The fraction of sp³-hybridized carbons (Fsp3) is 0.211. The van der Waals surface area contributed by atoms with E-state index in [1.165, 1.54) is 11.8 Å². The van der Waals surface area contributed by atoms with Gasteiger partial charge >= 0.3 is 0 Å². The highest BCUT2D eigenvalue weighted by Crippen LogP contribution is 2.37. The highest BCUT2D eigenvalue weighted by Gasteiger charge is 2.37. The number of hydrogen-bond donors (Lipinski definition) is 2. The fourth-order valence-electron chi connectivity index (χ4n) is 2.92. The Balaban J connectivity index is 1.64. The van der Waals surface area contributed by atoms with Crippen LogP contribution in [0.4, 0.5) is 5.69 Å². The zero-order valence-electron chi connectivity index (χ0n) is 14.5. The largest absolute Gasteiger partial charge is 0.325 e. The molecule has 2 atom stereocenters. The van der Waals surface area contributed by atoms with Gasteiger partial charge in [0.05, 0.1) is 6.04 Å². The van der Waals surface area contributed by atoms with Gasteiger partial charge in [0.25, 0.3) is 0 Å². The first-order valence-corrected chi connectivity index (χ1v) is 9.27. The Kier molecular flexibility index (Phi) is 4.38.